The summed E-state index contributed by atoms with van der Waals surface area (Å²) in [5.41, 5.74) is 0.0111. The maximum absolute atomic E-state index is 11.4. The molecule has 0 aromatic heterocycles. The lowest BCUT2D eigenvalue weighted by Crippen LogP contribution is -2.35. The lowest BCUT2D eigenvalue weighted by molar-refractivity contribution is -0.121. The van der Waals surface area contributed by atoms with Gasteiger partial charge in [0.15, 0.2) is 0 Å². The molecule has 0 heterocycles. The third kappa shape index (κ3) is 9.91. The molecule has 0 aliphatic carbocycles. The van der Waals surface area contributed by atoms with Crippen LogP contribution in [0.2, 0.25) is 0 Å². The van der Waals surface area contributed by atoms with Crippen molar-refractivity contribution in [3.05, 3.63) is 0 Å². The summed E-state index contributed by atoms with van der Waals surface area (Å²) in [4.78, 5) is 13.3. The lowest BCUT2D eigenvalue weighted by Gasteiger charge is -2.29. The average Bonchev–Trinajstić information content (AvgIpc) is 2.28. The van der Waals surface area contributed by atoms with Gasteiger partial charge >= 0.3 is 0 Å². The number of amides is 1. The number of nitrogens with zero attached hydrogens (tertiary/aromatic N) is 1. The average molecular weight is 272 g/mol. The van der Waals surface area contributed by atoms with Crippen molar-refractivity contribution < 1.29 is 9.53 Å². The second-order valence-corrected chi connectivity index (χ2v) is 5.74. The molecular formula is C15H32N2O2. The normalized spacial score (nSPS) is 11.9. The van der Waals surface area contributed by atoms with Gasteiger partial charge in [-0.05, 0) is 40.3 Å². The van der Waals surface area contributed by atoms with Crippen LogP contribution in [0.5, 0.6) is 0 Å². The zero-order chi connectivity index (χ0) is 14.7. The monoisotopic (exact) mass is 272 g/mol. The quantitative estimate of drug-likeness (QED) is 0.587. The predicted octanol–water partition coefficient (Wildman–Crippen LogP) is 2.43. The van der Waals surface area contributed by atoms with E-state index in [2.05, 4.69) is 26.1 Å². The molecule has 0 aromatic carbocycles. The third-order valence-corrected chi connectivity index (χ3v) is 3.11. The molecule has 0 spiro atoms. The standard InChI is InChI=1S/C15H32N2O2/c1-6-9-15(3,10-7-2)19-12-8-11-16-14(18)13-17(4)5/h6-13H2,1-5H3,(H,16,18). The second-order valence-electron chi connectivity index (χ2n) is 5.74. The molecule has 0 fully saturated rings. The second kappa shape index (κ2) is 10.2. The molecule has 0 aliphatic heterocycles. The van der Waals surface area contributed by atoms with Crippen molar-refractivity contribution in [1.82, 2.24) is 10.2 Å². The van der Waals surface area contributed by atoms with E-state index in [0.717, 1.165) is 38.7 Å². The van der Waals surface area contributed by atoms with Gasteiger partial charge in [-0.15, -0.1) is 0 Å². The van der Waals surface area contributed by atoms with Crippen LogP contribution in [0.25, 0.3) is 0 Å². The molecule has 0 aromatic rings. The van der Waals surface area contributed by atoms with Gasteiger partial charge in [-0.1, -0.05) is 26.7 Å². The summed E-state index contributed by atoms with van der Waals surface area (Å²) < 4.78 is 6.01. The molecule has 0 aliphatic rings. The van der Waals surface area contributed by atoms with E-state index in [-0.39, 0.29) is 11.5 Å². The van der Waals surface area contributed by atoms with Crippen molar-refractivity contribution in [2.45, 2.75) is 58.5 Å². The van der Waals surface area contributed by atoms with Crippen LogP contribution in [0.3, 0.4) is 0 Å². The van der Waals surface area contributed by atoms with Crippen molar-refractivity contribution in [3.8, 4) is 0 Å². The molecule has 0 atom stereocenters. The minimum atomic E-state index is 0.0111. The Morgan fingerprint density at radius 1 is 1.21 bits per heavy atom. The van der Waals surface area contributed by atoms with E-state index in [1.54, 1.807) is 0 Å². The Hall–Kier alpha value is -0.610. The predicted molar refractivity (Wildman–Crippen MR) is 80.4 cm³/mol. The number of hydrogen-bond donors (Lipinski definition) is 1. The Labute approximate surface area is 118 Å². The van der Waals surface area contributed by atoms with Crippen LogP contribution in [0, 0.1) is 0 Å². The summed E-state index contributed by atoms with van der Waals surface area (Å²) in [6, 6.07) is 0. The van der Waals surface area contributed by atoms with E-state index in [4.69, 9.17) is 4.74 Å². The largest absolute Gasteiger partial charge is 0.375 e. The number of ether oxygens (including phenoxy) is 1. The molecular weight excluding hydrogens is 240 g/mol. The van der Waals surface area contributed by atoms with Gasteiger partial charge in [0, 0.05) is 13.2 Å². The third-order valence-electron chi connectivity index (χ3n) is 3.11. The van der Waals surface area contributed by atoms with Gasteiger partial charge in [-0.25, -0.2) is 0 Å². The van der Waals surface area contributed by atoms with Gasteiger partial charge in [0.2, 0.25) is 5.91 Å². The SMILES string of the molecule is CCCC(C)(CCC)OCCCNC(=O)CN(C)C. The summed E-state index contributed by atoms with van der Waals surface area (Å²) in [6.45, 7) is 8.45. The zero-order valence-corrected chi connectivity index (χ0v) is 13.4. The first-order valence-electron chi connectivity index (χ1n) is 7.49. The minimum absolute atomic E-state index is 0.0111. The zero-order valence-electron chi connectivity index (χ0n) is 13.4. The van der Waals surface area contributed by atoms with Gasteiger partial charge in [-0.2, -0.15) is 0 Å². The number of carbonyl (C=O) groups is 1. The van der Waals surface area contributed by atoms with Crippen molar-refractivity contribution in [1.29, 1.82) is 0 Å². The fourth-order valence-corrected chi connectivity index (χ4v) is 2.29. The van der Waals surface area contributed by atoms with Gasteiger partial charge in [0.05, 0.1) is 12.1 Å². The number of carbonyl (C=O) groups excluding carboxylic acids is 1. The van der Waals surface area contributed by atoms with Crippen molar-refractivity contribution >= 4 is 5.91 Å². The maximum atomic E-state index is 11.4. The first kappa shape index (κ1) is 18.4. The molecule has 0 unspecified atom stereocenters. The number of rotatable bonds is 11. The van der Waals surface area contributed by atoms with Gasteiger partial charge in [0.25, 0.3) is 0 Å². The Morgan fingerprint density at radius 3 is 2.26 bits per heavy atom. The van der Waals surface area contributed by atoms with Crippen LogP contribution < -0.4 is 5.32 Å². The highest BCUT2D eigenvalue weighted by atomic mass is 16.5. The first-order valence-corrected chi connectivity index (χ1v) is 7.49. The molecule has 4 nitrogen and oxygen atoms in total. The van der Waals surface area contributed by atoms with E-state index in [1.165, 1.54) is 0 Å². The Balaban J connectivity index is 3.74. The molecule has 0 saturated heterocycles. The number of likely N-dealkylation sites (N-methyl/N-ethyl adjacent to an activating group) is 1. The van der Waals surface area contributed by atoms with Crippen LogP contribution in [0.4, 0.5) is 0 Å². The highest BCUT2D eigenvalue weighted by Crippen LogP contribution is 2.23. The van der Waals surface area contributed by atoms with Gasteiger partial charge in [0.1, 0.15) is 0 Å². The molecule has 4 heteroatoms. The molecule has 1 amide bonds. The van der Waals surface area contributed by atoms with Crippen LogP contribution in [-0.2, 0) is 9.53 Å². The summed E-state index contributed by atoms with van der Waals surface area (Å²) in [5.74, 6) is 0.0786. The van der Waals surface area contributed by atoms with Crippen LogP contribution in [-0.4, -0.2) is 50.2 Å². The van der Waals surface area contributed by atoms with Crippen molar-refractivity contribution in [2.24, 2.45) is 0 Å². The van der Waals surface area contributed by atoms with E-state index < -0.39 is 0 Å². The minimum Gasteiger partial charge on any atom is -0.375 e. The highest BCUT2D eigenvalue weighted by Gasteiger charge is 2.22. The van der Waals surface area contributed by atoms with Crippen molar-refractivity contribution in [2.75, 3.05) is 33.8 Å². The van der Waals surface area contributed by atoms with Crippen molar-refractivity contribution in [3.63, 3.8) is 0 Å². The van der Waals surface area contributed by atoms with Crippen LogP contribution in [0.1, 0.15) is 52.9 Å². The molecule has 1 N–H and O–H groups in total. The highest BCUT2D eigenvalue weighted by molar-refractivity contribution is 5.77. The maximum Gasteiger partial charge on any atom is 0.234 e. The van der Waals surface area contributed by atoms with E-state index in [9.17, 15) is 4.79 Å². The topological polar surface area (TPSA) is 41.6 Å². The molecule has 0 saturated carbocycles. The Kier molecular flexibility index (Phi) is 9.88. The molecule has 114 valence electrons. The van der Waals surface area contributed by atoms with E-state index >= 15 is 0 Å². The van der Waals surface area contributed by atoms with Gasteiger partial charge in [-0.3, -0.25) is 4.79 Å². The molecule has 19 heavy (non-hydrogen) atoms. The Morgan fingerprint density at radius 2 is 1.79 bits per heavy atom. The smallest absolute Gasteiger partial charge is 0.234 e. The fourth-order valence-electron chi connectivity index (χ4n) is 2.29. The summed E-state index contributed by atoms with van der Waals surface area (Å²) >= 11 is 0. The van der Waals surface area contributed by atoms with Gasteiger partial charge < -0.3 is 15.0 Å². The van der Waals surface area contributed by atoms with Crippen LogP contribution >= 0.6 is 0 Å². The summed E-state index contributed by atoms with van der Waals surface area (Å²) in [7, 11) is 3.78. The molecule has 0 bridgehead atoms. The number of hydrogen-bond acceptors (Lipinski definition) is 3. The molecule has 0 rings (SSSR count). The summed E-state index contributed by atoms with van der Waals surface area (Å²) in [5, 5.41) is 2.90. The summed E-state index contributed by atoms with van der Waals surface area (Å²) in [6.07, 6.45) is 5.38. The first-order chi connectivity index (χ1) is 8.93. The molecule has 0 radical (unpaired) electrons. The lowest BCUT2D eigenvalue weighted by atomic mass is 9.95. The van der Waals surface area contributed by atoms with E-state index in [0.29, 0.717) is 13.1 Å². The van der Waals surface area contributed by atoms with E-state index in [1.807, 2.05) is 19.0 Å². The van der Waals surface area contributed by atoms with Crippen LogP contribution in [0.15, 0.2) is 0 Å². The Bertz CT molecular complexity index is 236. The number of nitrogens with one attached hydrogen (secondary N) is 1. The fraction of sp³-hybridized carbons (Fsp3) is 0.933.